The molecule has 0 spiro atoms. The first-order valence-corrected chi connectivity index (χ1v) is 5.63. The molecular weight excluding hydrogens is 248 g/mol. The van der Waals surface area contributed by atoms with Gasteiger partial charge in [0.1, 0.15) is 0 Å². The van der Waals surface area contributed by atoms with Crippen molar-refractivity contribution in [2.45, 2.75) is 13.3 Å². The van der Waals surface area contributed by atoms with E-state index in [0.29, 0.717) is 17.8 Å². The van der Waals surface area contributed by atoms with Crippen molar-refractivity contribution in [2.24, 2.45) is 0 Å². The molecule has 0 atom stereocenters. The van der Waals surface area contributed by atoms with Crippen LogP contribution in [0.25, 0.3) is 0 Å². The van der Waals surface area contributed by atoms with Crippen molar-refractivity contribution in [1.29, 1.82) is 0 Å². The van der Waals surface area contributed by atoms with Crippen molar-refractivity contribution >= 4 is 29.2 Å². The van der Waals surface area contributed by atoms with Crippen LogP contribution in [0, 0.1) is 0 Å². The van der Waals surface area contributed by atoms with Crippen LogP contribution in [0.2, 0.25) is 0 Å². The van der Waals surface area contributed by atoms with E-state index in [-0.39, 0.29) is 5.91 Å². The molecule has 0 unspecified atom stereocenters. The van der Waals surface area contributed by atoms with Crippen molar-refractivity contribution in [3.05, 3.63) is 36.4 Å². The zero-order valence-corrected chi connectivity index (χ0v) is 10.3. The lowest BCUT2D eigenvalue weighted by Gasteiger charge is -2.05. The first-order valence-electron chi connectivity index (χ1n) is 5.63. The molecule has 0 aliphatic carbocycles. The maximum atomic E-state index is 11.3. The van der Waals surface area contributed by atoms with Gasteiger partial charge >= 0.3 is 5.97 Å². The molecule has 1 aromatic carbocycles. The number of carboxylic acid groups (broad SMARTS) is 1. The minimum atomic E-state index is -1.19. The number of carbonyl (C=O) groups excluding carboxylic acids is 2. The Balaban J connectivity index is 2.59. The second kappa shape index (κ2) is 6.95. The van der Waals surface area contributed by atoms with Gasteiger partial charge in [0.15, 0.2) is 0 Å². The van der Waals surface area contributed by atoms with Gasteiger partial charge in [0, 0.05) is 29.9 Å². The van der Waals surface area contributed by atoms with Crippen LogP contribution in [0.4, 0.5) is 11.4 Å². The van der Waals surface area contributed by atoms with Crippen LogP contribution in [-0.2, 0) is 14.4 Å². The number of hydrogen-bond donors (Lipinski definition) is 3. The third-order valence-electron chi connectivity index (χ3n) is 2.13. The molecule has 6 heteroatoms. The SMILES string of the molecule is CCC(=O)Nc1ccc(NC(=O)/C=C/C(=O)O)cc1. The number of carbonyl (C=O) groups is 3. The van der Waals surface area contributed by atoms with Crippen molar-refractivity contribution in [1.82, 2.24) is 0 Å². The molecule has 0 aliphatic rings. The van der Waals surface area contributed by atoms with Gasteiger partial charge in [-0.1, -0.05) is 6.92 Å². The number of anilines is 2. The minimum Gasteiger partial charge on any atom is -0.478 e. The summed E-state index contributed by atoms with van der Waals surface area (Å²) in [6, 6.07) is 6.50. The second-order valence-electron chi connectivity index (χ2n) is 3.64. The number of carboxylic acids is 1. The van der Waals surface area contributed by atoms with Crippen molar-refractivity contribution < 1.29 is 19.5 Å². The van der Waals surface area contributed by atoms with Gasteiger partial charge in [0.25, 0.3) is 0 Å². The fourth-order valence-corrected chi connectivity index (χ4v) is 1.22. The van der Waals surface area contributed by atoms with Crippen molar-refractivity contribution in [3.8, 4) is 0 Å². The molecule has 0 bridgehead atoms. The van der Waals surface area contributed by atoms with E-state index in [9.17, 15) is 14.4 Å². The average Bonchev–Trinajstić information content (AvgIpc) is 2.38. The summed E-state index contributed by atoms with van der Waals surface area (Å²) < 4.78 is 0. The number of benzene rings is 1. The lowest BCUT2D eigenvalue weighted by molar-refractivity contribution is -0.131. The topological polar surface area (TPSA) is 95.5 Å². The molecule has 1 aromatic rings. The van der Waals surface area contributed by atoms with Gasteiger partial charge in [-0.15, -0.1) is 0 Å². The number of rotatable bonds is 5. The average molecular weight is 262 g/mol. The van der Waals surface area contributed by atoms with E-state index >= 15 is 0 Å². The van der Waals surface area contributed by atoms with Crippen molar-refractivity contribution in [2.75, 3.05) is 10.6 Å². The highest BCUT2D eigenvalue weighted by molar-refractivity contribution is 6.02. The summed E-state index contributed by atoms with van der Waals surface area (Å²) in [5.41, 5.74) is 1.14. The Labute approximate surface area is 110 Å². The quantitative estimate of drug-likeness (QED) is 0.702. The first kappa shape index (κ1) is 14.4. The Bertz CT molecular complexity index is 506. The number of amides is 2. The summed E-state index contributed by atoms with van der Waals surface area (Å²) in [6.45, 7) is 1.75. The maximum Gasteiger partial charge on any atom is 0.328 e. The standard InChI is InChI=1S/C13H14N2O4/c1-2-11(16)14-9-3-5-10(6-4-9)15-12(17)7-8-13(18)19/h3-8H,2H2,1H3,(H,14,16)(H,15,17)(H,18,19)/b8-7+. The molecule has 0 aliphatic heterocycles. The van der Waals surface area contributed by atoms with E-state index in [1.165, 1.54) is 0 Å². The van der Waals surface area contributed by atoms with Gasteiger partial charge in [-0.05, 0) is 24.3 Å². The summed E-state index contributed by atoms with van der Waals surface area (Å²) in [5.74, 6) is -1.82. The molecule has 100 valence electrons. The fraction of sp³-hybridized carbons (Fsp3) is 0.154. The molecule has 0 saturated heterocycles. The number of aliphatic carboxylic acids is 1. The molecule has 2 amide bonds. The third-order valence-corrected chi connectivity index (χ3v) is 2.13. The Morgan fingerprint density at radius 3 is 2.05 bits per heavy atom. The molecule has 0 fully saturated rings. The van der Waals surface area contributed by atoms with Crippen LogP contribution in [-0.4, -0.2) is 22.9 Å². The molecule has 3 N–H and O–H groups in total. The van der Waals surface area contributed by atoms with Gasteiger partial charge in [-0.3, -0.25) is 9.59 Å². The van der Waals surface area contributed by atoms with Crippen LogP contribution in [0.5, 0.6) is 0 Å². The van der Waals surface area contributed by atoms with Crippen LogP contribution < -0.4 is 10.6 Å². The van der Waals surface area contributed by atoms with Crippen LogP contribution in [0.3, 0.4) is 0 Å². The highest BCUT2D eigenvalue weighted by atomic mass is 16.4. The molecular formula is C13H14N2O4. The van der Waals surface area contributed by atoms with Gasteiger partial charge in [0.05, 0.1) is 0 Å². The van der Waals surface area contributed by atoms with Crippen LogP contribution in [0.15, 0.2) is 36.4 Å². The van der Waals surface area contributed by atoms with Crippen molar-refractivity contribution in [3.63, 3.8) is 0 Å². The smallest absolute Gasteiger partial charge is 0.328 e. The minimum absolute atomic E-state index is 0.0961. The molecule has 0 radical (unpaired) electrons. The van der Waals surface area contributed by atoms with Gasteiger partial charge in [-0.25, -0.2) is 4.79 Å². The molecule has 6 nitrogen and oxygen atoms in total. The van der Waals surface area contributed by atoms with Gasteiger partial charge < -0.3 is 15.7 Å². The lowest BCUT2D eigenvalue weighted by atomic mass is 10.2. The zero-order chi connectivity index (χ0) is 14.3. The van der Waals surface area contributed by atoms with E-state index in [0.717, 1.165) is 12.2 Å². The molecule has 19 heavy (non-hydrogen) atoms. The molecule has 0 aromatic heterocycles. The Kier molecular flexibility index (Phi) is 5.28. The maximum absolute atomic E-state index is 11.3. The van der Waals surface area contributed by atoms with Gasteiger partial charge in [-0.2, -0.15) is 0 Å². The normalized spacial score (nSPS) is 10.2. The number of hydrogen-bond acceptors (Lipinski definition) is 3. The number of nitrogens with one attached hydrogen (secondary N) is 2. The Morgan fingerprint density at radius 2 is 1.58 bits per heavy atom. The summed E-state index contributed by atoms with van der Waals surface area (Å²) >= 11 is 0. The van der Waals surface area contributed by atoms with Gasteiger partial charge in [0.2, 0.25) is 11.8 Å². The highest BCUT2D eigenvalue weighted by Crippen LogP contribution is 2.13. The summed E-state index contributed by atoms with van der Waals surface area (Å²) in [4.78, 5) is 32.7. The van der Waals surface area contributed by atoms with E-state index in [1.54, 1.807) is 31.2 Å². The molecule has 1 rings (SSSR count). The fourth-order valence-electron chi connectivity index (χ4n) is 1.22. The van der Waals surface area contributed by atoms with Crippen LogP contribution in [0.1, 0.15) is 13.3 Å². The Hall–Kier alpha value is -2.63. The lowest BCUT2D eigenvalue weighted by Crippen LogP contribution is -2.10. The molecule has 0 saturated carbocycles. The van der Waals surface area contributed by atoms with E-state index < -0.39 is 11.9 Å². The largest absolute Gasteiger partial charge is 0.478 e. The van der Waals surface area contributed by atoms with E-state index in [4.69, 9.17) is 5.11 Å². The monoisotopic (exact) mass is 262 g/mol. The summed E-state index contributed by atoms with van der Waals surface area (Å²) in [5, 5.41) is 13.5. The Morgan fingerprint density at radius 1 is 1.05 bits per heavy atom. The summed E-state index contributed by atoms with van der Waals surface area (Å²) in [7, 11) is 0. The second-order valence-corrected chi connectivity index (χ2v) is 3.64. The van der Waals surface area contributed by atoms with E-state index in [1.807, 2.05) is 0 Å². The zero-order valence-electron chi connectivity index (χ0n) is 10.3. The first-order chi connectivity index (χ1) is 9.01. The third kappa shape index (κ3) is 5.49. The predicted octanol–water partition coefficient (Wildman–Crippen LogP) is 1.61. The summed E-state index contributed by atoms with van der Waals surface area (Å²) in [6.07, 6.45) is 2.07. The highest BCUT2D eigenvalue weighted by Gasteiger charge is 2.01. The molecule has 0 heterocycles. The van der Waals surface area contributed by atoms with Crippen LogP contribution >= 0.6 is 0 Å². The van der Waals surface area contributed by atoms with E-state index in [2.05, 4.69) is 10.6 Å². The predicted molar refractivity (Wildman–Crippen MR) is 70.8 cm³/mol.